The molecule has 3 unspecified atom stereocenters. The quantitative estimate of drug-likeness (QED) is 0.808. The summed E-state index contributed by atoms with van der Waals surface area (Å²) < 4.78 is 0. The van der Waals surface area contributed by atoms with E-state index in [2.05, 4.69) is 6.92 Å². The van der Waals surface area contributed by atoms with Gasteiger partial charge in [-0.1, -0.05) is 13.3 Å². The lowest BCUT2D eigenvalue weighted by atomic mass is 10.0. The predicted molar refractivity (Wildman–Crippen MR) is 67.5 cm³/mol. The number of hydrogen-bond donors (Lipinski definition) is 1. The zero-order valence-electron chi connectivity index (χ0n) is 10.0. The van der Waals surface area contributed by atoms with Crippen molar-refractivity contribution in [1.82, 2.24) is 4.90 Å². The van der Waals surface area contributed by atoms with Gasteiger partial charge in [-0.05, 0) is 31.1 Å². The lowest BCUT2D eigenvalue weighted by Crippen LogP contribution is -2.32. The summed E-state index contributed by atoms with van der Waals surface area (Å²) in [5.41, 5.74) is 5.80. The average molecular weight is 247 g/mol. The summed E-state index contributed by atoms with van der Waals surface area (Å²) in [5.74, 6) is 1.80. The van der Waals surface area contributed by atoms with Crippen LogP contribution in [-0.2, 0) is 4.79 Å². The van der Waals surface area contributed by atoms with Gasteiger partial charge >= 0.3 is 0 Å². The highest BCUT2D eigenvalue weighted by Gasteiger charge is 2.28. The molecule has 0 aromatic rings. The molecule has 1 saturated heterocycles. The number of nitrogens with zero attached hydrogens (tertiary/aromatic N) is 1. The van der Waals surface area contributed by atoms with Gasteiger partial charge in [0.05, 0.1) is 0 Å². The first-order valence-corrected chi connectivity index (χ1v) is 6.18. The Kier molecular flexibility index (Phi) is 5.06. The third kappa shape index (κ3) is 3.36. The lowest BCUT2D eigenvalue weighted by Gasteiger charge is -2.18. The number of hydrogen-bond acceptors (Lipinski definition) is 2. The maximum atomic E-state index is 11.9. The first kappa shape index (κ1) is 13.8. The fourth-order valence-electron chi connectivity index (χ4n) is 2.90. The number of amides is 1. The van der Waals surface area contributed by atoms with Crippen molar-refractivity contribution < 1.29 is 4.79 Å². The van der Waals surface area contributed by atoms with Crippen molar-refractivity contribution in [1.29, 1.82) is 0 Å². The minimum Gasteiger partial charge on any atom is -0.341 e. The summed E-state index contributed by atoms with van der Waals surface area (Å²) in [5, 5.41) is 0. The van der Waals surface area contributed by atoms with Crippen LogP contribution < -0.4 is 5.73 Å². The number of carbonyl (C=O) groups is 1. The molecule has 16 heavy (non-hydrogen) atoms. The molecule has 2 fully saturated rings. The summed E-state index contributed by atoms with van der Waals surface area (Å²) in [6, 6.07) is 0.219. The maximum absolute atomic E-state index is 11.9. The van der Waals surface area contributed by atoms with Crippen molar-refractivity contribution in [2.24, 2.45) is 17.6 Å². The lowest BCUT2D eigenvalue weighted by molar-refractivity contribution is -0.131. The normalized spacial score (nSPS) is 33.9. The first-order valence-electron chi connectivity index (χ1n) is 6.18. The molecule has 1 heterocycles. The Morgan fingerprint density at radius 1 is 1.38 bits per heavy atom. The van der Waals surface area contributed by atoms with Gasteiger partial charge in [-0.25, -0.2) is 0 Å². The topological polar surface area (TPSA) is 46.3 Å². The molecule has 1 aliphatic heterocycles. The highest BCUT2D eigenvalue weighted by Crippen LogP contribution is 2.33. The molecule has 1 amide bonds. The van der Waals surface area contributed by atoms with Crippen LogP contribution in [0.3, 0.4) is 0 Å². The van der Waals surface area contributed by atoms with E-state index in [1.54, 1.807) is 0 Å². The molecule has 3 nitrogen and oxygen atoms in total. The van der Waals surface area contributed by atoms with E-state index < -0.39 is 0 Å². The summed E-state index contributed by atoms with van der Waals surface area (Å²) >= 11 is 0. The molecule has 0 bridgehead atoms. The second-order valence-corrected chi connectivity index (χ2v) is 5.38. The van der Waals surface area contributed by atoms with Crippen molar-refractivity contribution >= 4 is 18.3 Å². The SMILES string of the molecule is CC1CCC(CC(=O)N2CCC(N)C2)C1.Cl. The molecule has 2 N–H and O–H groups in total. The van der Waals surface area contributed by atoms with Gasteiger partial charge in [-0.15, -0.1) is 12.4 Å². The summed E-state index contributed by atoms with van der Waals surface area (Å²) in [6.07, 6.45) is 5.53. The third-order valence-corrected chi connectivity index (χ3v) is 3.84. The van der Waals surface area contributed by atoms with Crippen molar-refractivity contribution in [3.63, 3.8) is 0 Å². The summed E-state index contributed by atoms with van der Waals surface area (Å²) in [6.45, 7) is 3.94. The molecule has 0 spiro atoms. The summed E-state index contributed by atoms with van der Waals surface area (Å²) in [4.78, 5) is 13.9. The first-order chi connectivity index (χ1) is 7.15. The van der Waals surface area contributed by atoms with Gasteiger partial charge in [0.25, 0.3) is 0 Å². The minimum atomic E-state index is 0. The zero-order valence-corrected chi connectivity index (χ0v) is 10.8. The van der Waals surface area contributed by atoms with Gasteiger partial charge < -0.3 is 10.6 Å². The average Bonchev–Trinajstić information content (AvgIpc) is 2.75. The van der Waals surface area contributed by atoms with E-state index in [1.807, 2.05) is 4.90 Å². The van der Waals surface area contributed by atoms with Crippen LogP contribution in [0, 0.1) is 11.8 Å². The molecule has 2 rings (SSSR count). The fourth-order valence-corrected chi connectivity index (χ4v) is 2.90. The number of halogens is 1. The molecule has 4 heteroatoms. The molecule has 3 atom stereocenters. The molecule has 0 aromatic heterocycles. The van der Waals surface area contributed by atoms with Crippen LogP contribution in [0.5, 0.6) is 0 Å². The van der Waals surface area contributed by atoms with E-state index in [0.717, 1.165) is 31.8 Å². The maximum Gasteiger partial charge on any atom is 0.222 e. The van der Waals surface area contributed by atoms with Crippen LogP contribution in [0.2, 0.25) is 0 Å². The molecule has 94 valence electrons. The van der Waals surface area contributed by atoms with Crippen molar-refractivity contribution in [2.75, 3.05) is 13.1 Å². The predicted octanol–water partition coefficient (Wildman–Crippen LogP) is 1.79. The van der Waals surface area contributed by atoms with Gasteiger partial charge in [0, 0.05) is 25.6 Å². The van der Waals surface area contributed by atoms with Gasteiger partial charge in [0.1, 0.15) is 0 Å². The smallest absolute Gasteiger partial charge is 0.222 e. The molecule has 0 radical (unpaired) electrons. The van der Waals surface area contributed by atoms with Gasteiger partial charge in [0.2, 0.25) is 5.91 Å². The molecule has 1 saturated carbocycles. The van der Waals surface area contributed by atoms with E-state index in [9.17, 15) is 4.79 Å². The van der Waals surface area contributed by atoms with E-state index in [4.69, 9.17) is 5.73 Å². The van der Waals surface area contributed by atoms with Crippen LogP contribution in [0.4, 0.5) is 0 Å². The second kappa shape index (κ2) is 5.87. The molecular weight excluding hydrogens is 224 g/mol. The standard InChI is InChI=1S/C12H22N2O.ClH/c1-9-2-3-10(6-9)7-12(15)14-5-4-11(13)8-14;/h9-11H,2-8,13H2,1H3;1H. The van der Waals surface area contributed by atoms with Crippen molar-refractivity contribution in [3.05, 3.63) is 0 Å². The Morgan fingerprint density at radius 3 is 2.62 bits per heavy atom. The summed E-state index contributed by atoms with van der Waals surface area (Å²) in [7, 11) is 0. The largest absolute Gasteiger partial charge is 0.341 e. The molecule has 2 aliphatic rings. The van der Waals surface area contributed by atoms with Crippen LogP contribution in [0.15, 0.2) is 0 Å². The van der Waals surface area contributed by atoms with Crippen molar-refractivity contribution in [2.45, 2.75) is 45.1 Å². The molecule has 0 aromatic carbocycles. The van der Waals surface area contributed by atoms with Crippen molar-refractivity contribution in [3.8, 4) is 0 Å². The Balaban J connectivity index is 0.00000128. The molecular formula is C12H23ClN2O. The van der Waals surface area contributed by atoms with Crippen LogP contribution >= 0.6 is 12.4 Å². The van der Waals surface area contributed by atoms with Gasteiger partial charge in [0.15, 0.2) is 0 Å². The van der Waals surface area contributed by atoms with Gasteiger partial charge in [-0.3, -0.25) is 4.79 Å². The van der Waals surface area contributed by atoms with Gasteiger partial charge in [-0.2, -0.15) is 0 Å². The highest BCUT2D eigenvalue weighted by atomic mass is 35.5. The zero-order chi connectivity index (χ0) is 10.8. The third-order valence-electron chi connectivity index (χ3n) is 3.84. The monoisotopic (exact) mass is 246 g/mol. The van der Waals surface area contributed by atoms with E-state index >= 15 is 0 Å². The van der Waals surface area contributed by atoms with E-state index in [-0.39, 0.29) is 18.4 Å². The number of carbonyl (C=O) groups excluding carboxylic acids is 1. The van der Waals surface area contributed by atoms with Crippen LogP contribution in [0.1, 0.15) is 39.0 Å². The molecule has 1 aliphatic carbocycles. The fraction of sp³-hybridized carbons (Fsp3) is 0.917. The Bertz CT molecular complexity index is 247. The second-order valence-electron chi connectivity index (χ2n) is 5.38. The van der Waals surface area contributed by atoms with Crippen LogP contribution in [0.25, 0.3) is 0 Å². The van der Waals surface area contributed by atoms with E-state index in [0.29, 0.717) is 11.8 Å². The number of rotatable bonds is 2. The number of likely N-dealkylation sites (tertiary alicyclic amines) is 1. The Morgan fingerprint density at radius 2 is 2.12 bits per heavy atom. The minimum absolute atomic E-state index is 0. The Labute approximate surface area is 104 Å². The number of nitrogens with two attached hydrogens (primary N) is 1. The van der Waals surface area contributed by atoms with Crippen LogP contribution in [-0.4, -0.2) is 29.9 Å². The highest BCUT2D eigenvalue weighted by molar-refractivity contribution is 5.85. The van der Waals surface area contributed by atoms with E-state index in [1.165, 1.54) is 19.3 Å². The Hall–Kier alpha value is -0.280.